The highest BCUT2D eigenvalue weighted by atomic mass is 16.1. The Kier molecular flexibility index (Phi) is 1.94. The monoisotopic (exact) mass is 153 g/mol. The highest BCUT2D eigenvalue weighted by molar-refractivity contribution is 5.92. The number of nitrogens with zero attached hydrogens (tertiary/aromatic N) is 2. The zero-order chi connectivity index (χ0) is 8.43. The van der Waals surface area contributed by atoms with E-state index in [2.05, 4.69) is 10.3 Å². The predicted molar refractivity (Wildman–Crippen MR) is 41.3 cm³/mol. The van der Waals surface area contributed by atoms with E-state index in [-0.39, 0.29) is 5.91 Å². The van der Waals surface area contributed by atoms with Gasteiger partial charge in [-0.15, -0.1) is 0 Å². The Morgan fingerprint density at radius 1 is 1.73 bits per heavy atom. The summed E-state index contributed by atoms with van der Waals surface area (Å²) in [7, 11) is 3.41. The molecule has 0 spiro atoms. The van der Waals surface area contributed by atoms with Crippen molar-refractivity contribution in [1.82, 2.24) is 14.9 Å². The van der Waals surface area contributed by atoms with Crippen LogP contribution >= 0.6 is 0 Å². The molecule has 0 fully saturated rings. The number of amides is 1. The SMILES string of the molecule is CNC(=O)c1cnc(C)n1C. The molecule has 0 aliphatic heterocycles. The maximum Gasteiger partial charge on any atom is 0.269 e. The molecule has 0 radical (unpaired) electrons. The molecular weight excluding hydrogens is 142 g/mol. The molecule has 0 unspecified atom stereocenters. The molecule has 1 amide bonds. The van der Waals surface area contributed by atoms with Gasteiger partial charge in [0, 0.05) is 14.1 Å². The first-order chi connectivity index (χ1) is 5.16. The van der Waals surface area contributed by atoms with Crippen molar-refractivity contribution in [1.29, 1.82) is 0 Å². The number of carbonyl (C=O) groups excluding carboxylic acids is 1. The molecule has 0 atom stereocenters. The second-order valence-corrected chi connectivity index (χ2v) is 2.33. The van der Waals surface area contributed by atoms with Gasteiger partial charge in [0.25, 0.3) is 5.91 Å². The van der Waals surface area contributed by atoms with Gasteiger partial charge in [0.15, 0.2) is 0 Å². The maximum atomic E-state index is 11.1. The molecule has 1 aromatic heterocycles. The quantitative estimate of drug-likeness (QED) is 0.621. The van der Waals surface area contributed by atoms with Crippen molar-refractivity contribution in [3.8, 4) is 0 Å². The average molecular weight is 153 g/mol. The van der Waals surface area contributed by atoms with Gasteiger partial charge in [-0.2, -0.15) is 0 Å². The fourth-order valence-corrected chi connectivity index (χ4v) is 0.841. The van der Waals surface area contributed by atoms with E-state index < -0.39 is 0 Å². The summed E-state index contributed by atoms with van der Waals surface area (Å²) in [4.78, 5) is 15.1. The van der Waals surface area contributed by atoms with Crippen molar-refractivity contribution >= 4 is 5.91 Å². The Morgan fingerprint density at radius 2 is 2.36 bits per heavy atom. The molecule has 1 heterocycles. The van der Waals surface area contributed by atoms with Gasteiger partial charge < -0.3 is 9.88 Å². The van der Waals surface area contributed by atoms with E-state index in [4.69, 9.17) is 0 Å². The van der Waals surface area contributed by atoms with Crippen LogP contribution < -0.4 is 5.32 Å². The molecular formula is C7H11N3O. The number of nitrogens with one attached hydrogen (secondary N) is 1. The average Bonchev–Trinajstić information content (AvgIpc) is 2.32. The van der Waals surface area contributed by atoms with Crippen LogP contribution in [0.5, 0.6) is 0 Å². The number of aromatic nitrogens is 2. The number of hydrogen-bond acceptors (Lipinski definition) is 2. The van der Waals surface area contributed by atoms with Crippen LogP contribution in [0, 0.1) is 6.92 Å². The third-order valence-electron chi connectivity index (χ3n) is 1.68. The highest BCUT2D eigenvalue weighted by Crippen LogP contribution is 2.00. The van der Waals surface area contributed by atoms with Gasteiger partial charge in [0.05, 0.1) is 6.20 Å². The molecule has 11 heavy (non-hydrogen) atoms. The summed E-state index contributed by atoms with van der Waals surface area (Å²) in [5.74, 6) is 0.733. The molecule has 60 valence electrons. The summed E-state index contributed by atoms with van der Waals surface area (Å²) in [6, 6.07) is 0. The van der Waals surface area contributed by atoms with E-state index in [1.165, 1.54) is 0 Å². The molecule has 0 aliphatic rings. The lowest BCUT2D eigenvalue weighted by Gasteiger charge is -2.00. The Hall–Kier alpha value is -1.32. The second kappa shape index (κ2) is 2.74. The molecule has 4 heteroatoms. The first-order valence-corrected chi connectivity index (χ1v) is 3.37. The van der Waals surface area contributed by atoms with Gasteiger partial charge >= 0.3 is 0 Å². The Balaban J connectivity index is 3.04. The van der Waals surface area contributed by atoms with E-state index in [0.29, 0.717) is 5.69 Å². The number of rotatable bonds is 1. The van der Waals surface area contributed by atoms with Gasteiger partial charge in [0.2, 0.25) is 0 Å². The fraction of sp³-hybridized carbons (Fsp3) is 0.429. The first kappa shape index (κ1) is 7.78. The number of hydrogen-bond donors (Lipinski definition) is 1. The van der Waals surface area contributed by atoms with Crippen LogP contribution in [0.15, 0.2) is 6.20 Å². The van der Waals surface area contributed by atoms with Crippen LogP contribution in [0.3, 0.4) is 0 Å². The van der Waals surface area contributed by atoms with Crippen molar-refractivity contribution in [3.05, 3.63) is 17.7 Å². The molecule has 4 nitrogen and oxygen atoms in total. The van der Waals surface area contributed by atoms with Crippen molar-refractivity contribution < 1.29 is 4.79 Å². The van der Waals surface area contributed by atoms with Crippen molar-refractivity contribution in [2.24, 2.45) is 7.05 Å². The van der Waals surface area contributed by atoms with Crippen molar-refractivity contribution in [2.75, 3.05) is 7.05 Å². The zero-order valence-corrected chi connectivity index (χ0v) is 6.88. The minimum atomic E-state index is -0.104. The van der Waals surface area contributed by atoms with E-state index >= 15 is 0 Å². The van der Waals surface area contributed by atoms with Crippen LogP contribution in [-0.2, 0) is 7.05 Å². The third-order valence-corrected chi connectivity index (χ3v) is 1.68. The number of aryl methyl sites for hydroxylation is 1. The van der Waals surface area contributed by atoms with E-state index in [0.717, 1.165) is 5.82 Å². The van der Waals surface area contributed by atoms with Crippen LogP contribution in [0.2, 0.25) is 0 Å². The molecule has 1 aromatic rings. The summed E-state index contributed by atoms with van der Waals surface area (Å²) in [6.45, 7) is 1.85. The minimum absolute atomic E-state index is 0.104. The van der Waals surface area contributed by atoms with Gasteiger partial charge in [-0.1, -0.05) is 0 Å². The lowest BCUT2D eigenvalue weighted by atomic mass is 10.4. The Bertz CT molecular complexity index is 277. The lowest BCUT2D eigenvalue weighted by molar-refractivity contribution is 0.0955. The molecule has 0 bridgehead atoms. The van der Waals surface area contributed by atoms with Crippen molar-refractivity contribution in [2.45, 2.75) is 6.92 Å². The highest BCUT2D eigenvalue weighted by Gasteiger charge is 2.08. The van der Waals surface area contributed by atoms with E-state index in [1.807, 2.05) is 14.0 Å². The largest absolute Gasteiger partial charge is 0.354 e. The van der Waals surface area contributed by atoms with Crippen LogP contribution in [0.4, 0.5) is 0 Å². The van der Waals surface area contributed by atoms with Gasteiger partial charge in [-0.25, -0.2) is 4.98 Å². The zero-order valence-electron chi connectivity index (χ0n) is 6.88. The molecule has 1 rings (SSSR count). The standard InChI is InChI=1S/C7H11N3O/c1-5-9-4-6(10(5)3)7(11)8-2/h4H,1-3H3,(H,8,11). The molecule has 0 saturated heterocycles. The lowest BCUT2D eigenvalue weighted by Crippen LogP contribution is -2.20. The number of imidazole rings is 1. The summed E-state index contributed by atoms with van der Waals surface area (Å²) >= 11 is 0. The number of carbonyl (C=O) groups is 1. The van der Waals surface area contributed by atoms with E-state index in [9.17, 15) is 4.79 Å². The minimum Gasteiger partial charge on any atom is -0.354 e. The topological polar surface area (TPSA) is 46.9 Å². The predicted octanol–water partition coefficient (Wildman–Crippen LogP) is 0.0881. The van der Waals surface area contributed by atoms with E-state index in [1.54, 1.807) is 17.8 Å². The molecule has 0 aromatic carbocycles. The fourth-order valence-electron chi connectivity index (χ4n) is 0.841. The van der Waals surface area contributed by atoms with Crippen LogP contribution in [0.1, 0.15) is 16.3 Å². The second-order valence-electron chi connectivity index (χ2n) is 2.33. The van der Waals surface area contributed by atoms with Crippen LogP contribution in [0.25, 0.3) is 0 Å². The normalized spacial score (nSPS) is 9.73. The van der Waals surface area contributed by atoms with Crippen molar-refractivity contribution in [3.63, 3.8) is 0 Å². The van der Waals surface area contributed by atoms with Gasteiger partial charge in [0.1, 0.15) is 11.5 Å². The van der Waals surface area contributed by atoms with Gasteiger partial charge in [-0.05, 0) is 6.92 Å². The van der Waals surface area contributed by atoms with Gasteiger partial charge in [-0.3, -0.25) is 4.79 Å². The summed E-state index contributed by atoms with van der Waals surface area (Å²) in [6.07, 6.45) is 1.56. The third kappa shape index (κ3) is 1.24. The Morgan fingerprint density at radius 3 is 2.73 bits per heavy atom. The summed E-state index contributed by atoms with van der Waals surface area (Å²) in [5.41, 5.74) is 0.588. The summed E-state index contributed by atoms with van der Waals surface area (Å²) < 4.78 is 1.75. The van der Waals surface area contributed by atoms with Crippen LogP contribution in [-0.4, -0.2) is 22.5 Å². The molecule has 0 aliphatic carbocycles. The maximum absolute atomic E-state index is 11.1. The Labute approximate surface area is 65.2 Å². The summed E-state index contributed by atoms with van der Waals surface area (Å²) in [5, 5.41) is 2.54. The molecule has 0 saturated carbocycles. The first-order valence-electron chi connectivity index (χ1n) is 3.37. The smallest absolute Gasteiger partial charge is 0.269 e. The molecule has 1 N–H and O–H groups in total.